The minimum Gasteiger partial charge on any atom is -0.492 e. The van der Waals surface area contributed by atoms with Crippen molar-refractivity contribution in [2.45, 2.75) is 53.1 Å². The number of hydrogen-bond donors (Lipinski definition) is 1. The van der Waals surface area contributed by atoms with Crippen molar-refractivity contribution in [1.29, 1.82) is 0 Å². The molecule has 0 aliphatic rings. The van der Waals surface area contributed by atoms with Gasteiger partial charge in [0.15, 0.2) is 11.2 Å². The number of imidazole rings is 1. The molecule has 4 rings (SSSR count). The zero-order valence-corrected chi connectivity index (χ0v) is 20.9. The number of aromatic nitrogens is 4. The molecule has 2 aromatic heterocycles. The topological polar surface area (TPSA) is 106 Å². The molecule has 0 spiro atoms. The predicted molar refractivity (Wildman–Crippen MR) is 140 cm³/mol. The summed E-state index contributed by atoms with van der Waals surface area (Å²) in [6.45, 7) is 6.08. The smallest absolute Gasteiger partial charge is 0.332 e. The Morgan fingerprint density at radius 2 is 1.58 bits per heavy atom. The Labute approximate surface area is 209 Å². The number of rotatable bonds is 12. The molecule has 0 saturated heterocycles. The van der Waals surface area contributed by atoms with Crippen molar-refractivity contribution in [3.63, 3.8) is 0 Å². The third-order valence-electron chi connectivity index (χ3n) is 5.84. The van der Waals surface area contributed by atoms with E-state index in [-0.39, 0.29) is 18.0 Å². The molecule has 4 aromatic rings. The van der Waals surface area contributed by atoms with E-state index in [2.05, 4.69) is 0 Å². The van der Waals surface area contributed by atoms with E-state index in [0.717, 1.165) is 17.5 Å². The van der Waals surface area contributed by atoms with Crippen LogP contribution in [0, 0.1) is 0 Å². The third kappa shape index (κ3) is 5.27. The zero-order chi connectivity index (χ0) is 25.5. The van der Waals surface area contributed by atoms with Gasteiger partial charge in [-0.1, -0.05) is 44.2 Å². The molecule has 190 valence electrons. The fraction of sp³-hybridized carbons (Fsp3) is 0.370. The summed E-state index contributed by atoms with van der Waals surface area (Å²) in [4.78, 5) is 31.6. The van der Waals surface area contributed by atoms with Gasteiger partial charge < -0.3 is 15.2 Å². The molecule has 0 amide bonds. The van der Waals surface area contributed by atoms with Crippen molar-refractivity contribution >= 4 is 11.2 Å². The molecular weight excluding hydrogens is 458 g/mol. The maximum Gasteiger partial charge on any atom is 0.332 e. The Balaban J connectivity index is 1.85. The molecule has 2 aromatic carbocycles. The van der Waals surface area contributed by atoms with Crippen LogP contribution < -0.4 is 21.7 Å². The first-order valence-electron chi connectivity index (χ1n) is 12.4. The number of nitrogens with zero attached hydrogens (tertiary/aromatic N) is 4. The predicted octanol–water partition coefficient (Wildman–Crippen LogP) is 3.36. The average Bonchev–Trinajstić information content (AvgIpc) is 3.28. The van der Waals surface area contributed by atoms with Crippen LogP contribution in [0.2, 0.25) is 0 Å². The van der Waals surface area contributed by atoms with Crippen molar-refractivity contribution in [2.75, 3.05) is 13.2 Å². The van der Waals surface area contributed by atoms with Crippen molar-refractivity contribution in [3.05, 3.63) is 81.0 Å². The van der Waals surface area contributed by atoms with E-state index in [1.54, 1.807) is 9.13 Å². The summed E-state index contributed by atoms with van der Waals surface area (Å²) in [7, 11) is 0. The first-order chi connectivity index (χ1) is 17.6. The van der Waals surface area contributed by atoms with Gasteiger partial charge in [-0.2, -0.15) is 0 Å². The summed E-state index contributed by atoms with van der Waals surface area (Å²) < 4.78 is 16.3. The van der Waals surface area contributed by atoms with Gasteiger partial charge in [0.25, 0.3) is 5.56 Å². The van der Waals surface area contributed by atoms with Crippen molar-refractivity contribution in [3.8, 4) is 17.1 Å². The van der Waals surface area contributed by atoms with E-state index < -0.39 is 0 Å². The molecule has 0 atom stereocenters. The molecule has 0 saturated carbocycles. The van der Waals surface area contributed by atoms with Gasteiger partial charge >= 0.3 is 5.69 Å². The van der Waals surface area contributed by atoms with Crippen LogP contribution in [0.25, 0.3) is 22.6 Å². The lowest BCUT2D eigenvalue weighted by Crippen LogP contribution is -2.40. The summed E-state index contributed by atoms with van der Waals surface area (Å²) in [6, 6.07) is 17.3. The maximum absolute atomic E-state index is 13.6. The highest BCUT2D eigenvalue weighted by Gasteiger charge is 2.22. The zero-order valence-electron chi connectivity index (χ0n) is 20.9. The van der Waals surface area contributed by atoms with Gasteiger partial charge in [0.1, 0.15) is 24.9 Å². The largest absolute Gasteiger partial charge is 0.492 e. The van der Waals surface area contributed by atoms with Crippen molar-refractivity contribution in [2.24, 2.45) is 5.73 Å². The van der Waals surface area contributed by atoms with Gasteiger partial charge in [0, 0.05) is 25.2 Å². The summed E-state index contributed by atoms with van der Waals surface area (Å²) >= 11 is 0. The van der Waals surface area contributed by atoms with Gasteiger partial charge in [-0.25, -0.2) is 9.78 Å². The van der Waals surface area contributed by atoms with E-state index in [4.69, 9.17) is 20.2 Å². The summed E-state index contributed by atoms with van der Waals surface area (Å²) in [5.74, 6) is 1.25. The molecule has 9 heteroatoms. The second-order valence-electron chi connectivity index (χ2n) is 8.55. The van der Waals surface area contributed by atoms with Crippen LogP contribution in [0.4, 0.5) is 0 Å². The number of fused-ring (bicyclic) bond motifs is 1. The normalized spacial score (nSPS) is 11.3. The van der Waals surface area contributed by atoms with Crippen molar-refractivity contribution < 1.29 is 9.47 Å². The molecule has 36 heavy (non-hydrogen) atoms. The Kier molecular flexibility index (Phi) is 8.35. The van der Waals surface area contributed by atoms with Gasteiger partial charge in [-0.15, -0.1) is 0 Å². The molecule has 0 fully saturated rings. The highest BCUT2D eigenvalue weighted by atomic mass is 16.5. The van der Waals surface area contributed by atoms with Gasteiger partial charge in [-0.05, 0) is 42.7 Å². The average molecular weight is 492 g/mol. The lowest BCUT2D eigenvalue weighted by atomic mass is 10.2. The number of nitrogens with two attached hydrogens (primary N) is 1. The molecular formula is C27H33N5O4. The minimum atomic E-state index is -0.353. The fourth-order valence-electron chi connectivity index (χ4n) is 4.19. The minimum absolute atomic E-state index is 0.109. The molecule has 2 heterocycles. The van der Waals surface area contributed by atoms with Crippen LogP contribution in [-0.4, -0.2) is 31.8 Å². The van der Waals surface area contributed by atoms with E-state index in [9.17, 15) is 9.59 Å². The van der Waals surface area contributed by atoms with Crippen LogP contribution in [0.5, 0.6) is 5.75 Å². The lowest BCUT2D eigenvalue weighted by molar-refractivity contribution is 0.0673. The molecule has 0 bridgehead atoms. The number of ether oxygens (including phenoxy) is 2. The quantitative estimate of drug-likeness (QED) is 0.326. The summed E-state index contributed by atoms with van der Waals surface area (Å²) in [6.07, 6.45) is 1.40. The maximum atomic E-state index is 13.6. The van der Waals surface area contributed by atoms with Gasteiger partial charge in [0.2, 0.25) is 0 Å². The molecule has 9 nitrogen and oxygen atoms in total. The summed E-state index contributed by atoms with van der Waals surface area (Å²) in [5.41, 5.74) is 7.40. The van der Waals surface area contributed by atoms with Crippen LogP contribution in [0.1, 0.15) is 32.3 Å². The van der Waals surface area contributed by atoms with Crippen LogP contribution in [0.3, 0.4) is 0 Å². The molecule has 0 aliphatic heterocycles. The highest BCUT2D eigenvalue weighted by Crippen LogP contribution is 2.25. The van der Waals surface area contributed by atoms with Crippen LogP contribution in [-0.2, 0) is 31.2 Å². The first kappa shape index (κ1) is 25.4. The Bertz CT molecular complexity index is 1400. The SMILES string of the molecule is CCCn1c(=O)c2c(nc(-c3ccc(OCCN)cc3)n2COCc2ccccc2)n(CCC)c1=O. The number of aryl methyl sites for hydroxylation is 1. The van der Waals surface area contributed by atoms with E-state index in [1.165, 1.54) is 4.57 Å². The summed E-state index contributed by atoms with van der Waals surface area (Å²) in [5, 5.41) is 0. The van der Waals surface area contributed by atoms with Gasteiger partial charge in [0.05, 0.1) is 6.61 Å². The number of benzene rings is 2. The standard InChI is InChI=1S/C27H33N5O4/c1-3-15-30-25-23(26(33)31(16-4-2)27(30)34)32(19-35-18-20-8-6-5-7-9-20)24(29-25)21-10-12-22(13-11-21)36-17-14-28/h5-13H,3-4,14-19,28H2,1-2H3. The Morgan fingerprint density at radius 3 is 2.25 bits per heavy atom. The molecule has 0 unspecified atom stereocenters. The lowest BCUT2D eigenvalue weighted by Gasteiger charge is -2.13. The van der Waals surface area contributed by atoms with Crippen molar-refractivity contribution in [1.82, 2.24) is 18.7 Å². The van der Waals surface area contributed by atoms with E-state index >= 15 is 0 Å². The second kappa shape index (κ2) is 11.8. The van der Waals surface area contributed by atoms with E-state index in [1.807, 2.05) is 68.4 Å². The van der Waals surface area contributed by atoms with Gasteiger partial charge in [-0.3, -0.25) is 18.5 Å². The molecule has 0 aliphatic carbocycles. The van der Waals surface area contributed by atoms with E-state index in [0.29, 0.717) is 62.0 Å². The first-order valence-corrected chi connectivity index (χ1v) is 12.4. The fourth-order valence-corrected chi connectivity index (χ4v) is 4.19. The van der Waals surface area contributed by atoms with Crippen LogP contribution in [0.15, 0.2) is 64.2 Å². The van der Waals surface area contributed by atoms with Crippen LogP contribution >= 0.6 is 0 Å². The molecule has 0 radical (unpaired) electrons. The monoisotopic (exact) mass is 491 g/mol. The molecule has 2 N–H and O–H groups in total. The highest BCUT2D eigenvalue weighted by molar-refractivity contribution is 5.77. The number of hydrogen-bond acceptors (Lipinski definition) is 6. The second-order valence-corrected chi connectivity index (χ2v) is 8.55. The Hall–Kier alpha value is -3.69. The Morgan fingerprint density at radius 1 is 0.889 bits per heavy atom. The third-order valence-corrected chi connectivity index (χ3v) is 5.84.